The second-order valence-electron chi connectivity index (χ2n) is 7.79. The van der Waals surface area contributed by atoms with Crippen LogP contribution >= 0.6 is 0 Å². The fourth-order valence-electron chi connectivity index (χ4n) is 3.70. The van der Waals surface area contributed by atoms with Crippen LogP contribution in [0.15, 0.2) is 69.9 Å². The van der Waals surface area contributed by atoms with Gasteiger partial charge in [-0.15, -0.1) is 0 Å². The van der Waals surface area contributed by atoms with Gasteiger partial charge < -0.3 is 18.8 Å². The van der Waals surface area contributed by atoms with Crippen molar-refractivity contribution in [3.63, 3.8) is 0 Å². The summed E-state index contributed by atoms with van der Waals surface area (Å²) in [6, 6.07) is 16.4. The summed E-state index contributed by atoms with van der Waals surface area (Å²) in [5.41, 5.74) is 0.535. The molecule has 0 unspecified atom stereocenters. The molecule has 166 valence electrons. The zero-order chi connectivity index (χ0) is 22.5. The molecule has 0 radical (unpaired) electrons. The Morgan fingerprint density at radius 2 is 1.91 bits per heavy atom. The molecule has 1 fully saturated rings. The lowest BCUT2D eigenvalue weighted by atomic mass is 10.1. The van der Waals surface area contributed by atoms with Crippen molar-refractivity contribution in [2.75, 3.05) is 13.1 Å². The quantitative estimate of drug-likeness (QED) is 0.545. The number of hydrogen-bond acceptors (Lipinski definition) is 5. The highest BCUT2D eigenvalue weighted by atomic mass is 19.1. The Balaban J connectivity index is 1.28. The lowest BCUT2D eigenvalue weighted by molar-refractivity contribution is -0.130. The van der Waals surface area contributed by atoms with Crippen LogP contribution in [-0.2, 0) is 11.2 Å². The molecule has 7 heteroatoms. The molecule has 2 heterocycles. The Bertz CT molecular complexity index is 1140. The molecule has 0 spiro atoms. The van der Waals surface area contributed by atoms with Crippen LogP contribution in [0.2, 0.25) is 0 Å². The molecule has 1 amide bonds. The average Bonchev–Trinajstić information content (AvgIpc) is 3.22. The topological polar surface area (TPSA) is 69.0 Å². The van der Waals surface area contributed by atoms with Crippen LogP contribution in [0.25, 0.3) is 0 Å². The minimum Gasteiger partial charge on any atom is -0.488 e. The highest BCUT2D eigenvalue weighted by molar-refractivity contribution is 5.76. The molecule has 1 aliphatic heterocycles. The molecule has 1 aromatic heterocycles. The van der Waals surface area contributed by atoms with Crippen molar-refractivity contribution in [3.8, 4) is 17.2 Å². The smallest absolute Gasteiger partial charge is 0.339 e. The fourth-order valence-corrected chi connectivity index (χ4v) is 3.70. The van der Waals surface area contributed by atoms with E-state index in [0.29, 0.717) is 55.4 Å². The first kappa shape index (κ1) is 21.6. The van der Waals surface area contributed by atoms with Crippen LogP contribution in [0.4, 0.5) is 4.39 Å². The van der Waals surface area contributed by atoms with Crippen molar-refractivity contribution in [2.45, 2.75) is 32.3 Å². The number of aryl methyl sites for hydroxylation is 2. The molecule has 1 aliphatic rings. The summed E-state index contributed by atoms with van der Waals surface area (Å²) >= 11 is 0. The summed E-state index contributed by atoms with van der Waals surface area (Å²) in [4.78, 5) is 25.9. The van der Waals surface area contributed by atoms with Crippen molar-refractivity contribution in [3.05, 3.63) is 88.2 Å². The molecular weight excluding hydrogens is 413 g/mol. The van der Waals surface area contributed by atoms with Gasteiger partial charge in [-0.25, -0.2) is 9.18 Å². The van der Waals surface area contributed by atoms with Gasteiger partial charge in [0.25, 0.3) is 0 Å². The van der Waals surface area contributed by atoms with Crippen molar-refractivity contribution < 1.29 is 23.1 Å². The number of carbonyl (C=O) groups is 1. The first-order valence-electron chi connectivity index (χ1n) is 10.5. The zero-order valence-corrected chi connectivity index (χ0v) is 17.8. The van der Waals surface area contributed by atoms with E-state index in [1.165, 1.54) is 18.2 Å². The van der Waals surface area contributed by atoms with Crippen molar-refractivity contribution in [1.82, 2.24) is 4.90 Å². The van der Waals surface area contributed by atoms with Crippen LogP contribution in [-0.4, -0.2) is 30.0 Å². The number of hydrogen-bond donors (Lipinski definition) is 0. The summed E-state index contributed by atoms with van der Waals surface area (Å²) in [6.45, 7) is 2.81. The van der Waals surface area contributed by atoms with Gasteiger partial charge >= 0.3 is 5.63 Å². The third-order valence-electron chi connectivity index (χ3n) is 5.24. The second kappa shape index (κ2) is 9.68. The minimum atomic E-state index is -0.448. The van der Waals surface area contributed by atoms with Gasteiger partial charge in [0.1, 0.15) is 34.9 Å². The normalized spacial score (nSPS) is 15.6. The van der Waals surface area contributed by atoms with Gasteiger partial charge in [0.05, 0.1) is 12.6 Å². The Hall–Kier alpha value is -3.61. The van der Waals surface area contributed by atoms with Gasteiger partial charge in [0, 0.05) is 25.5 Å². The molecule has 3 aromatic rings. The zero-order valence-electron chi connectivity index (χ0n) is 17.8. The maximum atomic E-state index is 13.0. The first-order valence-corrected chi connectivity index (χ1v) is 10.5. The molecule has 2 aromatic carbocycles. The van der Waals surface area contributed by atoms with Gasteiger partial charge in [-0.2, -0.15) is 0 Å². The molecule has 0 bridgehead atoms. The molecule has 32 heavy (non-hydrogen) atoms. The predicted octanol–water partition coefficient (Wildman–Crippen LogP) is 4.49. The molecule has 1 atom stereocenters. The number of likely N-dealkylation sites (tertiary alicyclic amines) is 1. The summed E-state index contributed by atoms with van der Waals surface area (Å²) < 4.78 is 29.6. The number of halogens is 1. The van der Waals surface area contributed by atoms with Crippen LogP contribution in [0.1, 0.15) is 24.2 Å². The van der Waals surface area contributed by atoms with E-state index in [1.807, 2.05) is 24.3 Å². The Kier molecular flexibility index (Phi) is 6.54. The SMILES string of the molecule is Cc1cc(O[C@@H]2CCN(C(=O)CCc3cccc(Oc4ccc(F)cc4)c3)C2)cc(=O)o1. The molecule has 4 rings (SSSR count). The van der Waals surface area contributed by atoms with Crippen LogP contribution in [0, 0.1) is 12.7 Å². The van der Waals surface area contributed by atoms with Crippen molar-refractivity contribution >= 4 is 5.91 Å². The van der Waals surface area contributed by atoms with E-state index in [2.05, 4.69) is 0 Å². The highest BCUT2D eigenvalue weighted by Crippen LogP contribution is 2.24. The fraction of sp³-hybridized carbons (Fsp3) is 0.280. The molecule has 0 saturated carbocycles. The highest BCUT2D eigenvalue weighted by Gasteiger charge is 2.27. The van der Waals surface area contributed by atoms with E-state index in [4.69, 9.17) is 13.9 Å². The summed E-state index contributed by atoms with van der Waals surface area (Å²) in [5, 5.41) is 0. The van der Waals surface area contributed by atoms with Crippen LogP contribution < -0.4 is 15.1 Å². The van der Waals surface area contributed by atoms with E-state index in [-0.39, 0.29) is 17.8 Å². The minimum absolute atomic E-state index is 0.0599. The Labute approximate surface area is 185 Å². The second-order valence-corrected chi connectivity index (χ2v) is 7.79. The van der Waals surface area contributed by atoms with E-state index < -0.39 is 5.63 Å². The number of benzene rings is 2. The lowest BCUT2D eigenvalue weighted by Crippen LogP contribution is -2.31. The number of carbonyl (C=O) groups excluding carboxylic acids is 1. The van der Waals surface area contributed by atoms with Gasteiger partial charge in [0.15, 0.2) is 0 Å². The number of ether oxygens (including phenoxy) is 2. The molecular formula is C25H24FNO5. The molecule has 1 saturated heterocycles. The summed E-state index contributed by atoms with van der Waals surface area (Å²) in [6.07, 6.45) is 1.53. The monoisotopic (exact) mass is 437 g/mol. The van der Waals surface area contributed by atoms with Crippen molar-refractivity contribution in [2.24, 2.45) is 0 Å². The predicted molar refractivity (Wildman–Crippen MR) is 117 cm³/mol. The third-order valence-corrected chi connectivity index (χ3v) is 5.24. The van der Waals surface area contributed by atoms with Gasteiger partial charge in [0.2, 0.25) is 5.91 Å². The van der Waals surface area contributed by atoms with E-state index >= 15 is 0 Å². The van der Waals surface area contributed by atoms with Crippen LogP contribution in [0.5, 0.6) is 17.2 Å². The molecule has 0 N–H and O–H groups in total. The standard InChI is InChI=1S/C25H24FNO5/c1-17-13-23(15-25(29)30-17)32-22-11-12-27(16-22)24(28)10-5-18-3-2-4-21(14-18)31-20-8-6-19(26)7-9-20/h2-4,6-9,13-15,22H,5,10-12,16H2,1H3/t22-/m1/s1. The maximum Gasteiger partial charge on any atom is 0.339 e. The summed E-state index contributed by atoms with van der Waals surface area (Å²) in [5.74, 6) is 1.89. The average molecular weight is 437 g/mol. The van der Waals surface area contributed by atoms with Crippen LogP contribution in [0.3, 0.4) is 0 Å². The number of nitrogens with zero attached hydrogens (tertiary/aromatic N) is 1. The Morgan fingerprint density at radius 1 is 1.09 bits per heavy atom. The number of amides is 1. The van der Waals surface area contributed by atoms with E-state index in [0.717, 1.165) is 5.56 Å². The molecule has 6 nitrogen and oxygen atoms in total. The van der Waals surface area contributed by atoms with E-state index in [9.17, 15) is 14.0 Å². The van der Waals surface area contributed by atoms with Gasteiger partial charge in [-0.3, -0.25) is 4.79 Å². The lowest BCUT2D eigenvalue weighted by Gasteiger charge is -2.17. The van der Waals surface area contributed by atoms with E-state index in [1.54, 1.807) is 30.0 Å². The first-order chi connectivity index (χ1) is 15.4. The number of rotatable bonds is 7. The maximum absolute atomic E-state index is 13.0. The third kappa shape index (κ3) is 5.75. The van der Waals surface area contributed by atoms with Gasteiger partial charge in [-0.05, 0) is 55.3 Å². The molecule has 0 aliphatic carbocycles. The largest absolute Gasteiger partial charge is 0.488 e. The van der Waals surface area contributed by atoms with Crippen molar-refractivity contribution in [1.29, 1.82) is 0 Å². The Morgan fingerprint density at radius 3 is 2.69 bits per heavy atom. The summed E-state index contributed by atoms with van der Waals surface area (Å²) in [7, 11) is 0. The van der Waals surface area contributed by atoms with Gasteiger partial charge in [-0.1, -0.05) is 12.1 Å².